The number of hydrogen-bond acceptors (Lipinski definition) is 3. The Morgan fingerprint density at radius 3 is 2.50 bits per heavy atom. The maximum atomic E-state index is 12.3. The minimum absolute atomic E-state index is 0.0417. The van der Waals surface area contributed by atoms with Crippen molar-refractivity contribution >= 4 is 5.91 Å². The van der Waals surface area contributed by atoms with Crippen molar-refractivity contribution in [1.82, 2.24) is 5.32 Å². The number of ether oxygens (including phenoxy) is 1. The molecule has 0 aromatic rings. The molecule has 2 atom stereocenters. The van der Waals surface area contributed by atoms with Gasteiger partial charge < -0.3 is 15.8 Å². The molecule has 0 spiro atoms. The molecule has 0 bridgehead atoms. The van der Waals surface area contributed by atoms with E-state index in [4.69, 9.17) is 10.5 Å². The van der Waals surface area contributed by atoms with Crippen LogP contribution in [-0.4, -0.2) is 30.7 Å². The maximum Gasteiger partial charge on any atom is 0.249 e. The van der Waals surface area contributed by atoms with Gasteiger partial charge in [-0.2, -0.15) is 0 Å². The quantitative estimate of drug-likeness (QED) is 0.801. The molecular formula is C14H26N2O2. The lowest BCUT2D eigenvalue weighted by Gasteiger charge is -2.40. The van der Waals surface area contributed by atoms with Crippen molar-refractivity contribution in [3.63, 3.8) is 0 Å². The first-order valence-electron chi connectivity index (χ1n) is 7.20. The molecule has 2 unspecified atom stereocenters. The van der Waals surface area contributed by atoms with Crippen molar-refractivity contribution in [1.29, 1.82) is 0 Å². The van der Waals surface area contributed by atoms with Crippen molar-refractivity contribution in [3.8, 4) is 0 Å². The standard InChI is InChI=1S/C14H26N2O2/c1-10-3-6-14(9-15,7-4-10)16-13(17)12-11(2)5-8-18-12/h10-12H,3-9,15H2,1-2H3,(H,16,17). The van der Waals surface area contributed by atoms with Crippen LogP contribution in [0.15, 0.2) is 0 Å². The molecule has 1 aliphatic carbocycles. The number of nitrogens with one attached hydrogen (secondary N) is 1. The number of hydrogen-bond donors (Lipinski definition) is 2. The predicted octanol–water partition coefficient (Wildman–Crippen LogP) is 1.44. The van der Waals surface area contributed by atoms with Crippen LogP contribution < -0.4 is 11.1 Å². The number of amides is 1. The number of nitrogens with two attached hydrogens (primary N) is 1. The largest absolute Gasteiger partial charge is 0.368 e. The van der Waals surface area contributed by atoms with Crippen LogP contribution in [-0.2, 0) is 9.53 Å². The lowest BCUT2D eigenvalue weighted by Crippen LogP contribution is -2.58. The molecule has 2 rings (SSSR count). The van der Waals surface area contributed by atoms with Crippen LogP contribution in [0.2, 0.25) is 0 Å². The van der Waals surface area contributed by atoms with E-state index >= 15 is 0 Å². The van der Waals surface area contributed by atoms with E-state index in [1.807, 2.05) is 0 Å². The molecule has 2 fully saturated rings. The van der Waals surface area contributed by atoms with Gasteiger partial charge in [-0.25, -0.2) is 0 Å². The first-order chi connectivity index (χ1) is 8.56. The highest BCUT2D eigenvalue weighted by Crippen LogP contribution is 2.32. The fourth-order valence-corrected chi connectivity index (χ4v) is 3.06. The molecule has 0 aromatic heterocycles. The third kappa shape index (κ3) is 2.86. The Kier molecular flexibility index (Phi) is 4.28. The van der Waals surface area contributed by atoms with E-state index in [2.05, 4.69) is 19.2 Å². The molecule has 4 nitrogen and oxygen atoms in total. The Labute approximate surface area is 110 Å². The van der Waals surface area contributed by atoms with E-state index in [9.17, 15) is 4.79 Å². The van der Waals surface area contributed by atoms with Crippen LogP contribution in [0.1, 0.15) is 46.0 Å². The molecule has 0 aromatic carbocycles. The van der Waals surface area contributed by atoms with E-state index in [1.165, 1.54) is 0 Å². The minimum atomic E-state index is -0.271. The van der Waals surface area contributed by atoms with Gasteiger partial charge in [0.25, 0.3) is 0 Å². The molecular weight excluding hydrogens is 228 g/mol. The van der Waals surface area contributed by atoms with Gasteiger partial charge in [0.05, 0.1) is 5.54 Å². The first kappa shape index (κ1) is 13.8. The number of carbonyl (C=O) groups is 1. The fraction of sp³-hybridized carbons (Fsp3) is 0.929. The second kappa shape index (κ2) is 5.57. The van der Waals surface area contributed by atoms with E-state index in [-0.39, 0.29) is 17.6 Å². The van der Waals surface area contributed by atoms with Crippen LogP contribution in [0, 0.1) is 11.8 Å². The van der Waals surface area contributed by atoms with Gasteiger partial charge in [-0.05, 0) is 43.9 Å². The summed E-state index contributed by atoms with van der Waals surface area (Å²) in [5.74, 6) is 1.12. The van der Waals surface area contributed by atoms with Gasteiger partial charge in [-0.1, -0.05) is 13.8 Å². The molecule has 1 heterocycles. The molecule has 2 aliphatic rings. The van der Waals surface area contributed by atoms with Crippen molar-refractivity contribution < 1.29 is 9.53 Å². The van der Waals surface area contributed by atoms with Crippen molar-refractivity contribution in [3.05, 3.63) is 0 Å². The van der Waals surface area contributed by atoms with Crippen LogP contribution in [0.25, 0.3) is 0 Å². The zero-order chi connectivity index (χ0) is 13.2. The lowest BCUT2D eigenvalue weighted by molar-refractivity contribution is -0.134. The second-order valence-corrected chi connectivity index (χ2v) is 6.21. The van der Waals surface area contributed by atoms with Gasteiger partial charge in [0.2, 0.25) is 5.91 Å². The van der Waals surface area contributed by atoms with E-state index in [0.717, 1.165) is 38.0 Å². The maximum absolute atomic E-state index is 12.3. The zero-order valence-electron chi connectivity index (χ0n) is 11.6. The van der Waals surface area contributed by atoms with Crippen molar-refractivity contribution in [2.24, 2.45) is 17.6 Å². The SMILES string of the molecule is CC1CCC(CN)(NC(=O)C2OCCC2C)CC1. The summed E-state index contributed by atoms with van der Waals surface area (Å²) in [7, 11) is 0. The monoisotopic (exact) mass is 254 g/mol. The third-order valence-corrected chi connectivity index (χ3v) is 4.66. The van der Waals surface area contributed by atoms with Gasteiger partial charge in [0, 0.05) is 13.2 Å². The molecule has 3 N–H and O–H groups in total. The summed E-state index contributed by atoms with van der Waals surface area (Å²) in [5.41, 5.74) is 5.72. The van der Waals surface area contributed by atoms with Gasteiger partial charge in [-0.15, -0.1) is 0 Å². The summed E-state index contributed by atoms with van der Waals surface area (Å²) < 4.78 is 5.53. The van der Waals surface area contributed by atoms with Crippen LogP contribution in [0.5, 0.6) is 0 Å². The third-order valence-electron chi connectivity index (χ3n) is 4.66. The molecule has 18 heavy (non-hydrogen) atoms. The Hall–Kier alpha value is -0.610. The van der Waals surface area contributed by atoms with Crippen LogP contribution in [0.4, 0.5) is 0 Å². The highest BCUT2D eigenvalue weighted by Gasteiger charge is 2.38. The molecule has 4 heteroatoms. The predicted molar refractivity (Wildman–Crippen MR) is 71.1 cm³/mol. The van der Waals surface area contributed by atoms with E-state index in [0.29, 0.717) is 19.1 Å². The number of rotatable bonds is 3. The Balaban J connectivity index is 1.95. The van der Waals surface area contributed by atoms with Crippen molar-refractivity contribution in [2.45, 2.75) is 57.6 Å². The molecule has 104 valence electrons. The Morgan fingerprint density at radius 1 is 1.33 bits per heavy atom. The Morgan fingerprint density at radius 2 is 2.00 bits per heavy atom. The molecule has 0 radical (unpaired) electrons. The molecule has 1 saturated heterocycles. The van der Waals surface area contributed by atoms with Gasteiger partial charge >= 0.3 is 0 Å². The fourth-order valence-electron chi connectivity index (χ4n) is 3.06. The summed E-state index contributed by atoms with van der Waals surface area (Å²) in [6, 6.07) is 0. The second-order valence-electron chi connectivity index (χ2n) is 6.21. The Bertz CT molecular complexity index is 298. The first-order valence-corrected chi connectivity index (χ1v) is 7.20. The minimum Gasteiger partial charge on any atom is -0.368 e. The van der Waals surface area contributed by atoms with Crippen LogP contribution in [0.3, 0.4) is 0 Å². The lowest BCUT2D eigenvalue weighted by atomic mass is 9.77. The summed E-state index contributed by atoms with van der Waals surface area (Å²) in [5, 5.41) is 3.19. The van der Waals surface area contributed by atoms with Crippen molar-refractivity contribution in [2.75, 3.05) is 13.2 Å². The molecule has 1 aliphatic heterocycles. The molecule has 1 amide bonds. The number of carbonyl (C=O) groups excluding carboxylic acids is 1. The van der Waals surface area contributed by atoms with Crippen LogP contribution >= 0.6 is 0 Å². The zero-order valence-corrected chi connectivity index (χ0v) is 11.6. The van der Waals surface area contributed by atoms with E-state index in [1.54, 1.807) is 0 Å². The van der Waals surface area contributed by atoms with Gasteiger partial charge in [-0.3, -0.25) is 4.79 Å². The average Bonchev–Trinajstić information content (AvgIpc) is 2.79. The molecule has 1 saturated carbocycles. The van der Waals surface area contributed by atoms with Gasteiger partial charge in [0.1, 0.15) is 6.10 Å². The summed E-state index contributed by atoms with van der Waals surface area (Å²) >= 11 is 0. The summed E-state index contributed by atoms with van der Waals surface area (Å²) in [4.78, 5) is 12.3. The summed E-state index contributed by atoms with van der Waals surface area (Å²) in [6.07, 6.45) is 5.00. The average molecular weight is 254 g/mol. The topological polar surface area (TPSA) is 64.3 Å². The normalized spacial score (nSPS) is 40.7. The highest BCUT2D eigenvalue weighted by atomic mass is 16.5. The highest BCUT2D eigenvalue weighted by molar-refractivity contribution is 5.82. The smallest absolute Gasteiger partial charge is 0.249 e. The summed E-state index contributed by atoms with van der Waals surface area (Å²) in [6.45, 7) is 5.58. The van der Waals surface area contributed by atoms with Gasteiger partial charge in [0.15, 0.2) is 0 Å². The van der Waals surface area contributed by atoms with E-state index < -0.39 is 0 Å².